The molecule has 3 heterocycles. The Hall–Kier alpha value is -3.00. The summed E-state index contributed by atoms with van der Waals surface area (Å²) in [6.07, 6.45) is 0. The van der Waals surface area contributed by atoms with E-state index >= 15 is 0 Å². The first kappa shape index (κ1) is 15.5. The molecular formula is C17H16N6OS. The summed E-state index contributed by atoms with van der Waals surface area (Å²) in [7, 11) is 1.85. The third-order valence-electron chi connectivity index (χ3n) is 4.06. The average molecular weight is 352 g/mol. The smallest absolute Gasteiger partial charge is 0.328 e. The fourth-order valence-corrected chi connectivity index (χ4v) is 3.14. The molecule has 0 amide bonds. The number of fused-ring (bicyclic) bond motifs is 1. The highest BCUT2D eigenvalue weighted by Crippen LogP contribution is 2.20. The normalized spacial score (nSPS) is 11.3. The van der Waals surface area contributed by atoms with Gasteiger partial charge in [-0.3, -0.25) is 14.2 Å². The van der Waals surface area contributed by atoms with E-state index in [4.69, 9.17) is 12.2 Å². The van der Waals surface area contributed by atoms with Gasteiger partial charge in [-0.15, -0.1) is 0 Å². The minimum absolute atomic E-state index is 0.277. The van der Waals surface area contributed by atoms with E-state index in [1.54, 1.807) is 9.25 Å². The van der Waals surface area contributed by atoms with Crippen LogP contribution in [0.3, 0.4) is 0 Å². The highest BCUT2D eigenvalue weighted by atomic mass is 32.1. The Morgan fingerprint density at radius 2 is 1.96 bits per heavy atom. The third kappa shape index (κ3) is 2.70. The van der Waals surface area contributed by atoms with E-state index < -0.39 is 0 Å². The van der Waals surface area contributed by atoms with E-state index in [-0.39, 0.29) is 5.69 Å². The predicted octanol–water partition coefficient (Wildman–Crippen LogP) is 2.54. The average Bonchev–Trinajstić information content (AvgIpc) is 3.16. The Morgan fingerprint density at radius 3 is 2.64 bits per heavy atom. The van der Waals surface area contributed by atoms with Crippen LogP contribution in [-0.4, -0.2) is 29.3 Å². The van der Waals surface area contributed by atoms with Gasteiger partial charge in [0.05, 0.1) is 12.2 Å². The molecule has 1 aromatic carbocycles. The zero-order valence-electron chi connectivity index (χ0n) is 13.8. The van der Waals surface area contributed by atoms with Gasteiger partial charge in [0.2, 0.25) is 0 Å². The number of H-pyrrole nitrogens is 2. The largest absolute Gasteiger partial charge is 0.333 e. The molecule has 0 fully saturated rings. The fraction of sp³-hybridized carbons (Fsp3) is 0.176. The lowest BCUT2D eigenvalue weighted by molar-refractivity contribution is 0.749. The van der Waals surface area contributed by atoms with Crippen LogP contribution in [0.15, 0.2) is 41.2 Å². The molecular weight excluding hydrogens is 336 g/mol. The second-order valence-electron chi connectivity index (χ2n) is 5.91. The summed E-state index contributed by atoms with van der Waals surface area (Å²) in [6.45, 7) is 2.33. The van der Waals surface area contributed by atoms with Crippen molar-refractivity contribution in [1.29, 1.82) is 0 Å². The molecule has 0 radical (unpaired) electrons. The molecule has 0 saturated carbocycles. The highest BCUT2D eigenvalue weighted by molar-refractivity contribution is 7.71. The van der Waals surface area contributed by atoms with Gasteiger partial charge in [0.1, 0.15) is 15.9 Å². The molecule has 3 aromatic heterocycles. The van der Waals surface area contributed by atoms with Crippen molar-refractivity contribution in [3.05, 3.63) is 62.8 Å². The standard InChI is InChI=1S/C17H16N6OS/c1-10-8-12(22(2)21-10)14-18-13-15(19-14)23(17(24)20-16(13)25)9-11-6-4-3-5-7-11/h3-8H,9H2,1-2H3,(H,18,19)(H,20,24,25). The molecule has 2 N–H and O–H groups in total. The first-order valence-electron chi connectivity index (χ1n) is 7.80. The van der Waals surface area contributed by atoms with Gasteiger partial charge in [0, 0.05) is 7.05 Å². The molecule has 0 unspecified atom stereocenters. The number of nitrogens with one attached hydrogen (secondary N) is 2. The van der Waals surface area contributed by atoms with E-state index in [1.165, 1.54) is 0 Å². The van der Waals surface area contributed by atoms with Crippen LogP contribution in [0.5, 0.6) is 0 Å². The maximum Gasteiger partial charge on any atom is 0.328 e. The summed E-state index contributed by atoms with van der Waals surface area (Å²) in [5, 5.41) is 4.34. The monoisotopic (exact) mass is 352 g/mol. The first-order chi connectivity index (χ1) is 12.0. The minimum atomic E-state index is -0.277. The van der Waals surface area contributed by atoms with E-state index in [2.05, 4.69) is 20.1 Å². The number of hydrogen-bond donors (Lipinski definition) is 2. The van der Waals surface area contributed by atoms with E-state index in [1.807, 2.05) is 50.4 Å². The topological polar surface area (TPSA) is 84.3 Å². The Kier molecular flexibility index (Phi) is 3.61. The van der Waals surface area contributed by atoms with Crippen molar-refractivity contribution < 1.29 is 0 Å². The SMILES string of the molecule is Cc1cc(-c2nc3c([nH]2)c(=S)[nH]c(=O)n3Cc2ccccc2)n(C)n1. The molecule has 0 aliphatic heterocycles. The van der Waals surface area contributed by atoms with Crippen LogP contribution in [0.2, 0.25) is 0 Å². The van der Waals surface area contributed by atoms with Gasteiger partial charge >= 0.3 is 5.69 Å². The van der Waals surface area contributed by atoms with Gasteiger partial charge in [-0.2, -0.15) is 5.10 Å². The van der Waals surface area contributed by atoms with Crippen LogP contribution < -0.4 is 5.69 Å². The van der Waals surface area contributed by atoms with Crippen molar-refractivity contribution in [3.8, 4) is 11.5 Å². The fourth-order valence-electron chi connectivity index (χ4n) is 2.91. The van der Waals surface area contributed by atoms with Gasteiger partial charge in [0.25, 0.3) is 0 Å². The summed E-state index contributed by atoms with van der Waals surface area (Å²) in [5.41, 5.74) is 3.63. The molecule has 4 rings (SSSR count). The van der Waals surface area contributed by atoms with Crippen LogP contribution in [-0.2, 0) is 13.6 Å². The van der Waals surface area contributed by atoms with Gasteiger partial charge in [-0.05, 0) is 18.6 Å². The number of benzene rings is 1. The zero-order valence-corrected chi connectivity index (χ0v) is 14.6. The number of rotatable bonds is 3. The molecule has 0 spiro atoms. The van der Waals surface area contributed by atoms with Crippen LogP contribution in [0.1, 0.15) is 11.3 Å². The maximum absolute atomic E-state index is 12.4. The molecule has 0 bridgehead atoms. The van der Waals surface area contributed by atoms with E-state index in [0.717, 1.165) is 17.0 Å². The van der Waals surface area contributed by atoms with Crippen molar-refractivity contribution in [1.82, 2.24) is 29.3 Å². The summed E-state index contributed by atoms with van der Waals surface area (Å²) in [5.74, 6) is 0.630. The molecule has 0 saturated heterocycles. The predicted molar refractivity (Wildman–Crippen MR) is 98.0 cm³/mol. The van der Waals surface area contributed by atoms with Crippen molar-refractivity contribution in [2.24, 2.45) is 7.05 Å². The highest BCUT2D eigenvalue weighted by Gasteiger charge is 2.15. The Labute approximate surface area is 148 Å². The summed E-state index contributed by atoms with van der Waals surface area (Å²) >= 11 is 5.30. The lowest BCUT2D eigenvalue weighted by Crippen LogP contribution is -2.24. The van der Waals surface area contributed by atoms with E-state index in [9.17, 15) is 4.79 Å². The van der Waals surface area contributed by atoms with Crippen LogP contribution in [0.4, 0.5) is 0 Å². The molecule has 126 valence electrons. The summed E-state index contributed by atoms with van der Waals surface area (Å²) in [6, 6.07) is 11.7. The molecule has 7 nitrogen and oxygen atoms in total. The van der Waals surface area contributed by atoms with Crippen molar-refractivity contribution in [3.63, 3.8) is 0 Å². The summed E-state index contributed by atoms with van der Waals surface area (Å²) < 4.78 is 3.69. The van der Waals surface area contributed by atoms with E-state index in [0.29, 0.717) is 28.2 Å². The van der Waals surface area contributed by atoms with Crippen LogP contribution in [0, 0.1) is 11.6 Å². The minimum Gasteiger partial charge on any atom is -0.333 e. The van der Waals surface area contributed by atoms with Gasteiger partial charge in [0.15, 0.2) is 11.5 Å². The zero-order chi connectivity index (χ0) is 17.6. The number of aromatic nitrogens is 6. The summed E-state index contributed by atoms with van der Waals surface area (Å²) in [4.78, 5) is 23.0. The molecule has 4 aromatic rings. The van der Waals surface area contributed by atoms with Crippen molar-refractivity contribution >= 4 is 23.4 Å². The lowest BCUT2D eigenvalue weighted by Gasteiger charge is -2.06. The Bertz CT molecular complexity index is 1180. The van der Waals surface area contributed by atoms with Crippen LogP contribution >= 0.6 is 12.2 Å². The first-order valence-corrected chi connectivity index (χ1v) is 8.21. The van der Waals surface area contributed by atoms with Gasteiger partial charge < -0.3 is 4.98 Å². The number of aromatic amines is 2. The maximum atomic E-state index is 12.4. The molecule has 0 aliphatic rings. The Morgan fingerprint density at radius 1 is 1.20 bits per heavy atom. The molecule has 0 aliphatic carbocycles. The molecule has 0 atom stereocenters. The van der Waals surface area contributed by atoms with Crippen molar-refractivity contribution in [2.75, 3.05) is 0 Å². The lowest BCUT2D eigenvalue weighted by atomic mass is 10.2. The number of aryl methyl sites for hydroxylation is 2. The molecule has 25 heavy (non-hydrogen) atoms. The molecule has 8 heteroatoms. The second-order valence-corrected chi connectivity index (χ2v) is 6.32. The second kappa shape index (κ2) is 5.82. The number of nitrogens with zero attached hydrogens (tertiary/aromatic N) is 4. The van der Waals surface area contributed by atoms with Crippen molar-refractivity contribution in [2.45, 2.75) is 13.5 Å². The third-order valence-corrected chi connectivity index (χ3v) is 4.37. The van der Waals surface area contributed by atoms with Gasteiger partial charge in [-0.25, -0.2) is 9.78 Å². The Balaban J connectivity index is 1.93. The van der Waals surface area contributed by atoms with Gasteiger partial charge in [-0.1, -0.05) is 42.5 Å². The quantitative estimate of drug-likeness (QED) is 0.555. The number of hydrogen-bond acceptors (Lipinski definition) is 4. The van der Waals surface area contributed by atoms with Crippen LogP contribution in [0.25, 0.3) is 22.7 Å². The number of imidazole rings is 1.